The van der Waals surface area contributed by atoms with Crippen molar-refractivity contribution in [3.05, 3.63) is 24.3 Å². The number of anilines is 1. The largest absolute Gasteiger partial charge is 0.383 e. The van der Waals surface area contributed by atoms with E-state index in [9.17, 15) is 8.42 Å². The van der Waals surface area contributed by atoms with Gasteiger partial charge in [0, 0.05) is 6.54 Å². The minimum atomic E-state index is -3.20. The zero-order valence-corrected chi connectivity index (χ0v) is 12.0. The molecule has 0 aliphatic carbocycles. The molecule has 18 heavy (non-hydrogen) atoms. The van der Waals surface area contributed by atoms with Crippen molar-refractivity contribution in [1.82, 2.24) is 0 Å². The van der Waals surface area contributed by atoms with E-state index in [-0.39, 0.29) is 11.2 Å². The highest BCUT2D eigenvalue weighted by molar-refractivity contribution is 7.91. The van der Waals surface area contributed by atoms with Crippen LogP contribution in [0.2, 0.25) is 0 Å². The van der Waals surface area contributed by atoms with E-state index in [4.69, 9.17) is 5.73 Å². The van der Waals surface area contributed by atoms with Crippen molar-refractivity contribution in [3.63, 3.8) is 0 Å². The third-order valence-corrected chi connectivity index (χ3v) is 4.70. The second kappa shape index (κ2) is 5.71. The molecule has 0 fully saturated rings. The van der Waals surface area contributed by atoms with Gasteiger partial charge in [-0.2, -0.15) is 0 Å². The topological polar surface area (TPSA) is 72.2 Å². The van der Waals surface area contributed by atoms with Gasteiger partial charge in [0.25, 0.3) is 0 Å². The number of rotatable bonds is 6. The maximum Gasteiger partial charge on any atom is 0.180 e. The van der Waals surface area contributed by atoms with Crippen LogP contribution in [0, 0.1) is 5.41 Å². The van der Waals surface area contributed by atoms with Crippen LogP contribution in [0.1, 0.15) is 20.8 Å². The van der Waals surface area contributed by atoms with Crippen molar-refractivity contribution in [3.8, 4) is 0 Å². The minimum Gasteiger partial charge on any atom is -0.383 e. The molecule has 4 nitrogen and oxygen atoms in total. The molecule has 5 heteroatoms. The summed E-state index contributed by atoms with van der Waals surface area (Å²) in [6.45, 7) is 6.91. The number of benzene rings is 1. The fourth-order valence-corrected chi connectivity index (χ4v) is 2.52. The third kappa shape index (κ3) is 3.71. The van der Waals surface area contributed by atoms with Crippen LogP contribution in [0.4, 0.5) is 5.69 Å². The monoisotopic (exact) mass is 270 g/mol. The van der Waals surface area contributed by atoms with Crippen LogP contribution in [0.3, 0.4) is 0 Å². The zero-order valence-electron chi connectivity index (χ0n) is 11.2. The molecule has 0 bridgehead atoms. The molecule has 0 aliphatic rings. The van der Waals surface area contributed by atoms with Crippen molar-refractivity contribution in [2.45, 2.75) is 25.7 Å². The van der Waals surface area contributed by atoms with Gasteiger partial charge in [-0.15, -0.1) is 0 Å². The molecule has 0 aliphatic heterocycles. The lowest BCUT2D eigenvalue weighted by Crippen LogP contribution is -2.31. The summed E-state index contributed by atoms with van der Waals surface area (Å²) in [6.07, 6.45) is 0. The number of hydrogen-bond donors (Lipinski definition) is 2. The van der Waals surface area contributed by atoms with Crippen LogP contribution in [-0.4, -0.2) is 27.3 Å². The van der Waals surface area contributed by atoms with Crippen molar-refractivity contribution in [1.29, 1.82) is 0 Å². The van der Waals surface area contributed by atoms with Crippen molar-refractivity contribution < 1.29 is 8.42 Å². The van der Waals surface area contributed by atoms with E-state index in [0.29, 0.717) is 23.7 Å². The quantitative estimate of drug-likeness (QED) is 0.828. The molecule has 0 unspecified atom stereocenters. The molecule has 1 aromatic carbocycles. The van der Waals surface area contributed by atoms with E-state index in [0.717, 1.165) is 0 Å². The van der Waals surface area contributed by atoms with Gasteiger partial charge in [-0.05, 0) is 24.1 Å². The average Bonchev–Trinajstić information content (AvgIpc) is 2.37. The predicted molar refractivity (Wildman–Crippen MR) is 75.5 cm³/mol. The first kappa shape index (κ1) is 15.0. The van der Waals surface area contributed by atoms with E-state index in [1.807, 2.05) is 19.9 Å². The molecule has 3 N–H and O–H groups in total. The fraction of sp³-hybridized carbons (Fsp3) is 0.538. The van der Waals surface area contributed by atoms with Gasteiger partial charge in [-0.25, -0.2) is 8.42 Å². The van der Waals surface area contributed by atoms with Gasteiger partial charge < -0.3 is 11.1 Å². The molecule has 0 atom stereocenters. The predicted octanol–water partition coefficient (Wildman–Crippen LogP) is 1.88. The Morgan fingerprint density at radius 1 is 1.28 bits per heavy atom. The summed E-state index contributed by atoms with van der Waals surface area (Å²) in [5, 5.41) is 3.19. The Labute approximate surface area is 110 Å². The molecule has 0 heterocycles. The Kier molecular flexibility index (Phi) is 4.76. The number of nitrogens with one attached hydrogen (secondary N) is 1. The van der Waals surface area contributed by atoms with E-state index >= 15 is 0 Å². The van der Waals surface area contributed by atoms with Gasteiger partial charge in [0.15, 0.2) is 9.84 Å². The van der Waals surface area contributed by atoms with Crippen LogP contribution in [-0.2, 0) is 9.84 Å². The molecule has 1 rings (SSSR count). The summed E-state index contributed by atoms with van der Waals surface area (Å²) in [6, 6.07) is 6.99. The SMILES string of the molecule is CCS(=O)(=O)c1ccccc1NCC(C)(C)CN. The second-order valence-corrected chi connectivity index (χ2v) is 7.37. The Morgan fingerprint density at radius 3 is 2.44 bits per heavy atom. The maximum absolute atomic E-state index is 12.0. The third-order valence-electron chi connectivity index (χ3n) is 2.91. The van der Waals surface area contributed by atoms with E-state index < -0.39 is 9.84 Å². The smallest absolute Gasteiger partial charge is 0.180 e. The highest BCUT2D eigenvalue weighted by Gasteiger charge is 2.19. The first-order chi connectivity index (χ1) is 8.32. The maximum atomic E-state index is 12.0. The molecule has 0 amide bonds. The fourth-order valence-electron chi connectivity index (χ4n) is 1.45. The lowest BCUT2D eigenvalue weighted by atomic mass is 9.94. The van der Waals surface area contributed by atoms with E-state index in [1.54, 1.807) is 25.1 Å². The summed E-state index contributed by atoms with van der Waals surface area (Å²) in [5.74, 6) is 0.103. The lowest BCUT2D eigenvalue weighted by molar-refractivity contribution is 0.405. The Bertz CT molecular complexity index is 495. The zero-order chi connectivity index (χ0) is 13.8. The van der Waals surface area contributed by atoms with Crippen LogP contribution in [0.25, 0.3) is 0 Å². The van der Waals surface area contributed by atoms with Crippen LogP contribution >= 0.6 is 0 Å². The average molecular weight is 270 g/mol. The lowest BCUT2D eigenvalue weighted by Gasteiger charge is -2.24. The van der Waals surface area contributed by atoms with Gasteiger partial charge in [-0.1, -0.05) is 32.9 Å². The molecule has 0 saturated carbocycles. The molecule has 102 valence electrons. The molecule has 0 spiro atoms. The Balaban J connectivity index is 2.98. The number of hydrogen-bond acceptors (Lipinski definition) is 4. The summed E-state index contributed by atoms with van der Waals surface area (Å²) in [7, 11) is -3.20. The minimum absolute atomic E-state index is 0.0664. The standard InChI is InChI=1S/C13H22N2O2S/c1-4-18(16,17)12-8-6-5-7-11(12)15-10-13(2,3)9-14/h5-8,15H,4,9-10,14H2,1-3H3. The highest BCUT2D eigenvalue weighted by atomic mass is 32.2. The Morgan fingerprint density at radius 2 is 1.89 bits per heavy atom. The molecule has 0 aromatic heterocycles. The molecular weight excluding hydrogens is 248 g/mol. The number of sulfone groups is 1. The van der Waals surface area contributed by atoms with Crippen LogP contribution in [0.5, 0.6) is 0 Å². The molecule has 0 saturated heterocycles. The van der Waals surface area contributed by atoms with Gasteiger partial charge in [-0.3, -0.25) is 0 Å². The molecular formula is C13H22N2O2S. The van der Waals surface area contributed by atoms with Gasteiger partial charge in [0.2, 0.25) is 0 Å². The van der Waals surface area contributed by atoms with E-state index in [1.165, 1.54) is 0 Å². The second-order valence-electron chi connectivity index (χ2n) is 5.12. The summed E-state index contributed by atoms with van der Waals surface area (Å²) < 4.78 is 23.9. The summed E-state index contributed by atoms with van der Waals surface area (Å²) in [4.78, 5) is 0.361. The Hall–Kier alpha value is -1.07. The van der Waals surface area contributed by atoms with Gasteiger partial charge in [0.1, 0.15) is 0 Å². The molecule has 1 aromatic rings. The van der Waals surface area contributed by atoms with Gasteiger partial charge >= 0.3 is 0 Å². The number of para-hydroxylation sites is 1. The summed E-state index contributed by atoms with van der Waals surface area (Å²) in [5.41, 5.74) is 6.25. The first-order valence-electron chi connectivity index (χ1n) is 6.08. The number of nitrogens with two attached hydrogens (primary N) is 1. The summed E-state index contributed by atoms with van der Waals surface area (Å²) >= 11 is 0. The van der Waals surface area contributed by atoms with Crippen molar-refractivity contribution in [2.24, 2.45) is 11.1 Å². The van der Waals surface area contributed by atoms with Crippen LogP contribution < -0.4 is 11.1 Å². The molecule has 0 radical (unpaired) electrons. The van der Waals surface area contributed by atoms with Gasteiger partial charge in [0.05, 0.1) is 16.3 Å². The van der Waals surface area contributed by atoms with Crippen LogP contribution in [0.15, 0.2) is 29.2 Å². The van der Waals surface area contributed by atoms with E-state index in [2.05, 4.69) is 5.32 Å². The highest BCUT2D eigenvalue weighted by Crippen LogP contribution is 2.23. The normalized spacial score (nSPS) is 12.4. The first-order valence-corrected chi connectivity index (χ1v) is 7.73. The van der Waals surface area contributed by atoms with Crippen molar-refractivity contribution >= 4 is 15.5 Å². The van der Waals surface area contributed by atoms with Crippen molar-refractivity contribution in [2.75, 3.05) is 24.2 Å².